The van der Waals surface area contributed by atoms with Crippen molar-refractivity contribution in [2.45, 2.75) is 57.9 Å². The van der Waals surface area contributed by atoms with E-state index < -0.39 is 0 Å². The molecule has 1 heterocycles. The highest BCUT2D eigenvalue weighted by molar-refractivity contribution is 5.78. The molecule has 0 spiro atoms. The second-order valence-corrected chi connectivity index (χ2v) is 7.81. The average Bonchev–Trinajstić information content (AvgIpc) is 2.87. The molecule has 6 nitrogen and oxygen atoms in total. The predicted molar refractivity (Wildman–Crippen MR) is 96.2 cm³/mol. The van der Waals surface area contributed by atoms with Crippen molar-refractivity contribution in [1.82, 2.24) is 15.5 Å². The van der Waals surface area contributed by atoms with Crippen LogP contribution < -0.4 is 10.6 Å². The van der Waals surface area contributed by atoms with Gasteiger partial charge in [-0.2, -0.15) is 0 Å². The Kier molecular flexibility index (Phi) is 6.57. The zero-order chi connectivity index (χ0) is 17.6. The normalized spacial score (nSPS) is 29.5. The van der Waals surface area contributed by atoms with E-state index in [2.05, 4.69) is 10.6 Å². The van der Waals surface area contributed by atoms with Crippen LogP contribution in [0.5, 0.6) is 0 Å². The molecular formula is C19H33N3O3. The molecule has 2 amide bonds. The van der Waals surface area contributed by atoms with Gasteiger partial charge in [0.2, 0.25) is 5.91 Å². The molecule has 2 aliphatic carbocycles. The fraction of sp³-hybridized carbons (Fsp3) is 0.895. The first-order chi connectivity index (χ1) is 12.2. The molecule has 1 unspecified atom stereocenters. The number of hydrogen-bond acceptors (Lipinski definition) is 4. The monoisotopic (exact) mass is 351 g/mol. The highest BCUT2D eigenvalue weighted by Gasteiger charge is 2.43. The number of hydrogen-bond donors (Lipinski definition) is 2. The summed E-state index contributed by atoms with van der Waals surface area (Å²) in [6.45, 7) is 5.39. The molecule has 3 rings (SSSR count). The smallest absolute Gasteiger partial charge is 0.409 e. The van der Waals surface area contributed by atoms with E-state index in [4.69, 9.17) is 4.74 Å². The molecule has 3 aliphatic rings. The van der Waals surface area contributed by atoms with Gasteiger partial charge in [-0.05, 0) is 44.4 Å². The summed E-state index contributed by atoms with van der Waals surface area (Å²) in [6.07, 6.45) is 7.94. The van der Waals surface area contributed by atoms with Gasteiger partial charge in [-0.15, -0.1) is 0 Å². The molecular weight excluding hydrogens is 318 g/mol. The van der Waals surface area contributed by atoms with Gasteiger partial charge in [-0.1, -0.05) is 19.3 Å². The molecule has 3 fully saturated rings. The first kappa shape index (κ1) is 18.5. The fourth-order valence-electron chi connectivity index (χ4n) is 4.85. The fourth-order valence-corrected chi connectivity index (χ4v) is 4.85. The molecule has 0 aromatic heterocycles. The molecule has 1 aliphatic heterocycles. The molecule has 2 saturated carbocycles. The number of carbonyl (C=O) groups excluding carboxylic acids is 2. The van der Waals surface area contributed by atoms with E-state index in [1.165, 1.54) is 32.1 Å². The lowest BCUT2D eigenvalue weighted by Crippen LogP contribution is -2.53. The van der Waals surface area contributed by atoms with Gasteiger partial charge >= 0.3 is 6.09 Å². The Morgan fingerprint density at radius 1 is 1.00 bits per heavy atom. The summed E-state index contributed by atoms with van der Waals surface area (Å²) in [5.41, 5.74) is 0. The number of nitrogens with one attached hydrogen (secondary N) is 2. The van der Waals surface area contributed by atoms with E-state index >= 15 is 0 Å². The molecule has 0 aromatic rings. The molecule has 1 saturated heterocycles. The standard InChI is InChI=1S/C19H33N3O3/c1-2-25-19(24)22-12-15-8-9-16(13-22)17(15)20-10-11-21-18(23)14-6-4-3-5-7-14/h14-17,20H,2-13H2,1H3,(H,21,23)/t15-,16+,17?. The van der Waals surface area contributed by atoms with Crippen molar-refractivity contribution in [2.75, 3.05) is 32.8 Å². The van der Waals surface area contributed by atoms with E-state index in [0.717, 1.165) is 32.5 Å². The molecule has 142 valence electrons. The van der Waals surface area contributed by atoms with Crippen molar-refractivity contribution in [1.29, 1.82) is 0 Å². The maximum absolute atomic E-state index is 12.2. The molecule has 0 aromatic carbocycles. The third-order valence-corrected chi connectivity index (χ3v) is 6.14. The second kappa shape index (κ2) is 8.88. The van der Waals surface area contributed by atoms with Gasteiger partial charge in [0.1, 0.15) is 0 Å². The Balaban J connectivity index is 1.37. The van der Waals surface area contributed by atoms with E-state index in [1.807, 2.05) is 11.8 Å². The van der Waals surface area contributed by atoms with Crippen molar-refractivity contribution in [3.63, 3.8) is 0 Å². The lowest BCUT2D eigenvalue weighted by Gasteiger charge is -2.37. The van der Waals surface area contributed by atoms with Crippen molar-refractivity contribution >= 4 is 12.0 Å². The zero-order valence-corrected chi connectivity index (χ0v) is 15.5. The Labute approximate surface area is 151 Å². The molecule has 25 heavy (non-hydrogen) atoms. The third kappa shape index (κ3) is 4.66. The van der Waals surface area contributed by atoms with Crippen molar-refractivity contribution in [3.05, 3.63) is 0 Å². The third-order valence-electron chi connectivity index (χ3n) is 6.14. The predicted octanol–water partition coefficient (Wildman–Crippen LogP) is 2.14. The highest BCUT2D eigenvalue weighted by atomic mass is 16.6. The topological polar surface area (TPSA) is 70.7 Å². The number of amides is 2. The summed E-state index contributed by atoms with van der Waals surface area (Å²) in [7, 11) is 0. The molecule has 0 radical (unpaired) electrons. The SMILES string of the molecule is CCOC(=O)N1C[C@H]2CC[C@@H](C1)C2NCCNC(=O)C1CCCCC1. The van der Waals surface area contributed by atoms with Crippen LogP contribution in [0.15, 0.2) is 0 Å². The zero-order valence-electron chi connectivity index (χ0n) is 15.5. The molecule has 2 N–H and O–H groups in total. The molecule has 3 atom stereocenters. The average molecular weight is 351 g/mol. The Morgan fingerprint density at radius 2 is 1.68 bits per heavy atom. The van der Waals surface area contributed by atoms with Gasteiger partial charge in [0.25, 0.3) is 0 Å². The number of ether oxygens (including phenoxy) is 1. The van der Waals surface area contributed by atoms with Gasteiger partial charge in [0, 0.05) is 38.1 Å². The summed E-state index contributed by atoms with van der Waals surface area (Å²) >= 11 is 0. The van der Waals surface area contributed by atoms with E-state index in [-0.39, 0.29) is 17.9 Å². The Bertz CT molecular complexity index is 451. The van der Waals surface area contributed by atoms with Crippen LogP contribution in [0.1, 0.15) is 51.9 Å². The van der Waals surface area contributed by atoms with Gasteiger partial charge < -0.3 is 20.3 Å². The minimum Gasteiger partial charge on any atom is -0.450 e. The number of likely N-dealkylation sites (tertiary alicyclic amines) is 1. The van der Waals surface area contributed by atoms with Crippen LogP contribution in [0.2, 0.25) is 0 Å². The van der Waals surface area contributed by atoms with Crippen LogP contribution in [0.4, 0.5) is 4.79 Å². The number of rotatable bonds is 6. The minimum atomic E-state index is -0.169. The number of piperidine rings is 1. The van der Waals surface area contributed by atoms with Gasteiger partial charge in [-0.25, -0.2) is 4.79 Å². The van der Waals surface area contributed by atoms with Crippen molar-refractivity contribution < 1.29 is 14.3 Å². The molecule has 6 heteroatoms. The summed E-state index contributed by atoms with van der Waals surface area (Å²) < 4.78 is 5.14. The highest BCUT2D eigenvalue weighted by Crippen LogP contribution is 2.37. The first-order valence-corrected chi connectivity index (χ1v) is 10.1. The van der Waals surface area contributed by atoms with Crippen LogP contribution in [0, 0.1) is 17.8 Å². The van der Waals surface area contributed by atoms with Crippen molar-refractivity contribution in [2.24, 2.45) is 17.8 Å². The summed E-state index contributed by atoms with van der Waals surface area (Å²) in [5.74, 6) is 1.49. The van der Waals surface area contributed by atoms with E-state index in [9.17, 15) is 9.59 Å². The summed E-state index contributed by atoms with van der Waals surface area (Å²) in [5, 5.41) is 6.74. The number of fused-ring (bicyclic) bond motifs is 2. The Hall–Kier alpha value is -1.30. The van der Waals surface area contributed by atoms with E-state index in [1.54, 1.807) is 0 Å². The summed E-state index contributed by atoms with van der Waals surface area (Å²) in [6, 6.07) is 0.470. The quantitative estimate of drug-likeness (QED) is 0.719. The van der Waals surface area contributed by atoms with Crippen LogP contribution >= 0.6 is 0 Å². The van der Waals surface area contributed by atoms with E-state index in [0.29, 0.717) is 31.0 Å². The van der Waals surface area contributed by atoms with Crippen LogP contribution in [-0.4, -0.2) is 55.7 Å². The summed E-state index contributed by atoms with van der Waals surface area (Å²) in [4.78, 5) is 26.0. The lowest BCUT2D eigenvalue weighted by molar-refractivity contribution is -0.125. The lowest BCUT2D eigenvalue weighted by atomic mass is 9.89. The number of nitrogens with zero attached hydrogens (tertiary/aromatic N) is 1. The minimum absolute atomic E-state index is 0.169. The molecule has 2 bridgehead atoms. The Morgan fingerprint density at radius 3 is 2.32 bits per heavy atom. The maximum atomic E-state index is 12.2. The number of carbonyl (C=O) groups is 2. The van der Waals surface area contributed by atoms with Crippen LogP contribution in [-0.2, 0) is 9.53 Å². The maximum Gasteiger partial charge on any atom is 0.409 e. The van der Waals surface area contributed by atoms with Crippen LogP contribution in [0.3, 0.4) is 0 Å². The van der Waals surface area contributed by atoms with Gasteiger partial charge in [0.15, 0.2) is 0 Å². The first-order valence-electron chi connectivity index (χ1n) is 10.1. The second-order valence-electron chi connectivity index (χ2n) is 7.81. The van der Waals surface area contributed by atoms with Crippen LogP contribution in [0.25, 0.3) is 0 Å². The van der Waals surface area contributed by atoms with Crippen molar-refractivity contribution in [3.8, 4) is 0 Å². The van der Waals surface area contributed by atoms with Gasteiger partial charge in [0.05, 0.1) is 6.61 Å². The largest absolute Gasteiger partial charge is 0.450 e. The van der Waals surface area contributed by atoms with Gasteiger partial charge in [-0.3, -0.25) is 4.79 Å².